The molecule has 0 radical (unpaired) electrons. The number of carbonyl (C=O) groups excluding carboxylic acids is 1. The van der Waals surface area contributed by atoms with Crippen molar-refractivity contribution in [3.05, 3.63) is 17.7 Å². The summed E-state index contributed by atoms with van der Waals surface area (Å²) in [4.78, 5) is 17.1. The summed E-state index contributed by atoms with van der Waals surface area (Å²) in [6.07, 6.45) is -3.67. The maximum Gasteiger partial charge on any atom is 0.416 e. The third-order valence-corrected chi connectivity index (χ3v) is 3.06. The average Bonchev–Trinajstić information content (AvgIpc) is 2.44. The first-order valence-corrected chi connectivity index (χ1v) is 6.75. The van der Waals surface area contributed by atoms with Crippen molar-refractivity contribution in [3.63, 3.8) is 0 Å². The number of hydrogen-bond acceptors (Lipinski definition) is 4. The second kappa shape index (κ2) is 6.19. The van der Waals surface area contributed by atoms with Crippen LogP contribution in [-0.4, -0.2) is 37.1 Å². The molecule has 0 atom stereocenters. The number of amides is 1. The van der Waals surface area contributed by atoms with Gasteiger partial charge in [-0.25, -0.2) is 4.98 Å². The Balaban J connectivity index is 2.32. The Hall–Kier alpha value is -1.99. The number of alkyl halides is 3. The summed E-state index contributed by atoms with van der Waals surface area (Å²) in [5, 5.41) is 5.49. The zero-order valence-electron chi connectivity index (χ0n) is 11.6. The van der Waals surface area contributed by atoms with E-state index in [1.807, 2.05) is 6.92 Å². The normalized spacial score (nSPS) is 15.8. The van der Waals surface area contributed by atoms with Crippen LogP contribution in [0.4, 0.5) is 24.8 Å². The lowest BCUT2D eigenvalue weighted by atomic mass is 10.2. The third-order valence-electron chi connectivity index (χ3n) is 3.06. The van der Waals surface area contributed by atoms with Gasteiger partial charge in [0.25, 0.3) is 0 Å². The number of piperazine rings is 1. The van der Waals surface area contributed by atoms with E-state index in [2.05, 4.69) is 15.6 Å². The maximum absolute atomic E-state index is 13.0. The molecule has 1 saturated heterocycles. The van der Waals surface area contributed by atoms with Gasteiger partial charge in [-0.3, -0.25) is 4.79 Å². The standard InChI is InChI=1S/C13H17F3N4O/c1-2-3-17-10-6-9(13(14,15)16)7-11(19-10)20-5-4-18-12(21)8-20/h6-7H,2-5,8H2,1H3,(H,17,19)(H,18,21). The molecule has 2 heterocycles. The number of nitrogens with zero attached hydrogens (tertiary/aromatic N) is 2. The topological polar surface area (TPSA) is 57.3 Å². The Morgan fingerprint density at radius 1 is 1.43 bits per heavy atom. The number of nitrogens with one attached hydrogen (secondary N) is 2. The minimum atomic E-state index is -4.45. The van der Waals surface area contributed by atoms with Crippen LogP contribution >= 0.6 is 0 Å². The molecule has 21 heavy (non-hydrogen) atoms. The summed E-state index contributed by atoms with van der Waals surface area (Å²) in [6, 6.07) is 1.97. The van der Waals surface area contributed by atoms with Crippen LogP contribution in [0.25, 0.3) is 0 Å². The molecule has 1 aromatic rings. The molecule has 0 saturated carbocycles. The Morgan fingerprint density at radius 2 is 2.19 bits per heavy atom. The average molecular weight is 302 g/mol. The molecular formula is C13H17F3N4O. The van der Waals surface area contributed by atoms with E-state index in [4.69, 9.17) is 0 Å². The molecule has 1 aliphatic heterocycles. The first-order valence-electron chi connectivity index (χ1n) is 6.75. The number of anilines is 2. The van der Waals surface area contributed by atoms with Crippen LogP contribution in [0.3, 0.4) is 0 Å². The molecule has 1 fully saturated rings. The predicted octanol–water partition coefficient (Wildman–Crippen LogP) is 1.86. The molecule has 0 aromatic carbocycles. The highest BCUT2D eigenvalue weighted by molar-refractivity contribution is 5.82. The van der Waals surface area contributed by atoms with Crippen LogP contribution in [0.1, 0.15) is 18.9 Å². The van der Waals surface area contributed by atoms with Gasteiger partial charge < -0.3 is 15.5 Å². The summed E-state index contributed by atoms with van der Waals surface area (Å²) in [5.74, 6) is 0.120. The lowest BCUT2D eigenvalue weighted by Crippen LogP contribution is -2.48. The predicted molar refractivity (Wildman–Crippen MR) is 73.2 cm³/mol. The van der Waals surface area contributed by atoms with E-state index in [0.717, 1.165) is 18.6 Å². The van der Waals surface area contributed by atoms with Crippen LogP contribution in [0, 0.1) is 0 Å². The van der Waals surface area contributed by atoms with Crippen LogP contribution in [0.5, 0.6) is 0 Å². The van der Waals surface area contributed by atoms with Crippen molar-refractivity contribution in [2.45, 2.75) is 19.5 Å². The SMILES string of the molecule is CCCNc1cc(C(F)(F)F)cc(N2CCNC(=O)C2)n1. The largest absolute Gasteiger partial charge is 0.416 e. The second-order valence-electron chi connectivity index (χ2n) is 4.80. The first-order chi connectivity index (χ1) is 9.90. The molecule has 2 rings (SSSR count). The van der Waals surface area contributed by atoms with Gasteiger partial charge in [0.1, 0.15) is 11.6 Å². The van der Waals surface area contributed by atoms with Crippen LogP contribution < -0.4 is 15.5 Å². The summed E-state index contributed by atoms with van der Waals surface area (Å²) in [5.41, 5.74) is -0.767. The Labute approximate surface area is 120 Å². The molecular weight excluding hydrogens is 285 g/mol. The minimum Gasteiger partial charge on any atom is -0.370 e. The molecule has 0 spiro atoms. The second-order valence-corrected chi connectivity index (χ2v) is 4.80. The van der Waals surface area contributed by atoms with Crippen molar-refractivity contribution in [1.29, 1.82) is 0 Å². The quantitative estimate of drug-likeness (QED) is 0.891. The Morgan fingerprint density at radius 3 is 2.81 bits per heavy atom. The number of pyridine rings is 1. The lowest BCUT2D eigenvalue weighted by molar-refractivity contribution is -0.137. The fourth-order valence-corrected chi connectivity index (χ4v) is 2.02. The van der Waals surface area contributed by atoms with Crippen molar-refractivity contribution in [1.82, 2.24) is 10.3 Å². The number of halogens is 3. The van der Waals surface area contributed by atoms with E-state index in [1.54, 1.807) is 4.90 Å². The maximum atomic E-state index is 13.0. The van der Waals surface area contributed by atoms with Crippen LogP contribution in [0.2, 0.25) is 0 Å². The Kier molecular flexibility index (Phi) is 4.54. The summed E-state index contributed by atoms with van der Waals surface area (Å²) >= 11 is 0. The van der Waals surface area contributed by atoms with Gasteiger partial charge in [0.15, 0.2) is 0 Å². The van der Waals surface area contributed by atoms with Crippen LogP contribution in [-0.2, 0) is 11.0 Å². The zero-order chi connectivity index (χ0) is 15.5. The van der Waals surface area contributed by atoms with Crippen LogP contribution in [0.15, 0.2) is 12.1 Å². The molecule has 5 nitrogen and oxygen atoms in total. The van der Waals surface area contributed by atoms with E-state index in [0.29, 0.717) is 19.6 Å². The van der Waals surface area contributed by atoms with Gasteiger partial charge in [-0.15, -0.1) is 0 Å². The summed E-state index contributed by atoms with van der Waals surface area (Å²) in [7, 11) is 0. The minimum absolute atomic E-state index is 0.0154. The van der Waals surface area contributed by atoms with Gasteiger partial charge in [-0.2, -0.15) is 13.2 Å². The van der Waals surface area contributed by atoms with Gasteiger partial charge in [-0.05, 0) is 18.6 Å². The van der Waals surface area contributed by atoms with Gasteiger partial charge in [0, 0.05) is 19.6 Å². The fourth-order valence-electron chi connectivity index (χ4n) is 2.02. The zero-order valence-corrected chi connectivity index (χ0v) is 11.6. The van der Waals surface area contributed by atoms with Gasteiger partial charge in [0.05, 0.1) is 12.1 Å². The lowest BCUT2D eigenvalue weighted by Gasteiger charge is -2.28. The summed E-state index contributed by atoms with van der Waals surface area (Å²) < 4.78 is 38.9. The van der Waals surface area contributed by atoms with E-state index < -0.39 is 11.7 Å². The van der Waals surface area contributed by atoms with Crippen molar-refractivity contribution in [2.24, 2.45) is 0 Å². The number of aromatic nitrogens is 1. The number of rotatable bonds is 4. The molecule has 8 heteroatoms. The van der Waals surface area contributed by atoms with Gasteiger partial charge in [0.2, 0.25) is 5.91 Å². The van der Waals surface area contributed by atoms with Gasteiger partial charge >= 0.3 is 6.18 Å². The van der Waals surface area contributed by atoms with E-state index in [1.165, 1.54) is 0 Å². The highest BCUT2D eigenvalue weighted by Gasteiger charge is 2.32. The van der Waals surface area contributed by atoms with Crippen molar-refractivity contribution >= 4 is 17.5 Å². The molecule has 116 valence electrons. The van der Waals surface area contributed by atoms with Gasteiger partial charge in [-0.1, -0.05) is 6.92 Å². The molecule has 1 aromatic heterocycles. The molecule has 1 aliphatic rings. The first kappa shape index (κ1) is 15.4. The molecule has 0 bridgehead atoms. The molecule has 0 aliphatic carbocycles. The molecule has 0 unspecified atom stereocenters. The fraction of sp³-hybridized carbons (Fsp3) is 0.538. The highest BCUT2D eigenvalue weighted by Crippen LogP contribution is 2.33. The van der Waals surface area contributed by atoms with E-state index in [-0.39, 0.29) is 24.1 Å². The summed E-state index contributed by atoms with van der Waals surface area (Å²) in [6.45, 7) is 3.30. The monoisotopic (exact) mass is 302 g/mol. The number of hydrogen-bond donors (Lipinski definition) is 2. The third kappa shape index (κ3) is 3.99. The van der Waals surface area contributed by atoms with E-state index >= 15 is 0 Å². The Bertz CT molecular complexity index is 519. The smallest absolute Gasteiger partial charge is 0.370 e. The molecule has 1 amide bonds. The number of carbonyl (C=O) groups is 1. The van der Waals surface area contributed by atoms with Crippen molar-refractivity contribution in [3.8, 4) is 0 Å². The molecule has 2 N–H and O–H groups in total. The highest BCUT2D eigenvalue weighted by atomic mass is 19.4. The van der Waals surface area contributed by atoms with E-state index in [9.17, 15) is 18.0 Å². The van der Waals surface area contributed by atoms with Crippen molar-refractivity contribution in [2.75, 3.05) is 36.4 Å². The van der Waals surface area contributed by atoms with Crippen molar-refractivity contribution < 1.29 is 18.0 Å².